The Labute approximate surface area is 104 Å². The number of rotatable bonds is 6. The minimum atomic E-state index is -0.941. The Kier molecular flexibility index (Phi) is 5.66. The summed E-state index contributed by atoms with van der Waals surface area (Å²) in [5, 5.41) is 9.31. The number of thioether (sulfide) groups is 1. The van der Waals surface area contributed by atoms with E-state index in [2.05, 4.69) is 0 Å². The second-order valence-corrected chi connectivity index (χ2v) is 4.96. The van der Waals surface area contributed by atoms with Crippen LogP contribution in [0.25, 0.3) is 0 Å². The molecule has 3 nitrogen and oxygen atoms in total. The summed E-state index contributed by atoms with van der Waals surface area (Å²) in [5.74, 6) is 0.621. The van der Waals surface area contributed by atoms with E-state index in [1.807, 2.05) is 24.3 Å². The van der Waals surface area contributed by atoms with Crippen LogP contribution in [0.1, 0.15) is 12.0 Å². The third kappa shape index (κ3) is 4.88. The molecule has 0 aromatic heterocycles. The lowest BCUT2D eigenvalue weighted by Crippen LogP contribution is -2.30. The fourth-order valence-corrected chi connectivity index (χ4v) is 2.34. The SMILES string of the molecule is NC(CCSCc1cccc(Cl)c1)C(=O)O. The summed E-state index contributed by atoms with van der Waals surface area (Å²) in [6, 6.07) is 6.88. The zero-order chi connectivity index (χ0) is 12.0. The van der Waals surface area contributed by atoms with Gasteiger partial charge in [0.25, 0.3) is 0 Å². The second kappa shape index (κ2) is 6.78. The number of carbonyl (C=O) groups is 1. The molecule has 0 heterocycles. The first-order valence-corrected chi connectivity index (χ1v) is 6.43. The lowest BCUT2D eigenvalue weighted by atomic mass is 10.2. The number of halogens is 1. The smallest absolute Gasteiger partial charge is 0.320 e. The number of carboxylic acids is 1. The summed E-state index contributed by atoms with van der Waals surface area (Å²) in [5.41, 5.74) is 6.53. The van der Waals surface area contributed by atoms with Gasteiger partial charge in [-0.2, -0.15) is 11.8 Å². The zero-order valence-electron chi connectivity index (χ0n) is 8.73. The van der Waals surface area contributed by atoms with E-state index in [0.29, 0.717) is 6.42 Å². The van der Waals surface area contributed by atoms with Crippen LogP contribution in [-0.4, -0.2) is 22.9 Å². The minimum absolute atomic E-state index is 0.487. The van der Waals surface area contributed by atoms with Gasteiger partial charge in [-0.1, -0.05) is 23.7 Å². The molecule has 0 saturated carbocycles. The average molecular weight is 260 g/mol. The quantitative estimate of drug-likeness (QED) is 0.770. The predicted molar refractivity (Wildman–Crippen MR) is 67.8 cm³/mol. The molecule has 0 aliphatic rings. The number of aliphatic carboxylic acids is 1. The van der Waals surface area contributed by atoms with Crippen molar-refractivity contribution in [2.24, 2.45) is 5.73 Å². The first kappa shape index (κ1) is 13.4. The molecule has 0 saturated heterocycles. The molecule has 88 valence electrons. The molecule has 1 unspecified atom stereocenters. The number of nitrogens with two attached hydrogens (primary N) is 1. The summed E-state index contributed by atoms with van der Waals surface area (Å²) in [4.78, 5) is 10.5. The summed E-state index contributed by atoms with van der Waals surface area (Å²) in [6.07, 6.45) is 0.487. The number of hydrogen-bond donors (Lipinski definition) is 2. The van der Waals surface area contributed by atoms with Crippen molar-refractivity contribution in [1.29, 1.82) is 0 Å². The second-order valence-electron chi connectivity index (χ2n) is 3.42. The molecule has 0 bridgehead atoms. The fraction of sp³-hybridized carbons (Fsp3) is 0.364. The van der Waals surface area contributed by atoms with Crippen molar-refractivity contribution in [2.45, 2.75) is 18.2 Å². The van der Waals surface area contributed by atoms with E-state index >= 15 is 0 Å². The molecule has 1 aromatic rings. The van der Waals surface area contributed by atoms with Gasteiger partial charge in [-0.25, -0.2) is 0 Å². The van der Waals surface area contributed by atoms with Crippen LogP contribution in [0.15, 0.2) is 24.3 Å². The van der Waals surface area contributed by atoms with Gasteiger partial charge in [0.1, 0.15) is 6.04 Å². The molecule has 0 amide bonds. The van der Waals surface area contributed by atoms with E-state index in [1.165, 1.54) is 0 Å². The number of benzene rings is 1. The van der Waals surface area contributed by atoms with Gasteiger partial charge in [0.15, 0.2) is 0 Å². The molecule has 5 heteroatoms. The Balaban J connectivity index is 2.23. The molecule has 1 rings (SSSR count). The largest absolute Gasteiger partial charge is 0.480 e. The summed E-state index contributed by atoms with van der Waals surface area (Å²) < 4.78 is 0. The lowest BCUT2D eigenvalue weighted by Gasteiger charge is -2.06. The van der Waals surface area contributed by atoms with Crippen LogP contribution in [-0.2, 0) is 10.5 Å². The standard InChI is InChI=1S/C11H14ClNO2S/c12-9-3-1-2-8(6-9)7-16-5-4-10(13)11(14)15/h1-3,6,10H,4-5,7,13H2,(H,14,15). The van der Waals surface area contributed by atoms with E-state index in [1.54, 1.807) is 11.8 Å². The van der Waals surface area contributed by atoms with Crippen LogP contribution in [0.3, 0.4) is 0 Å². The van der Waals surface area contributed by atoms with Gasteiger partial charge >= 0.3 is 5.97 Å². The first-order chi connectivity index (χ1) is 7.59. The van der Waals surface area contributed by atoms with E-state index < -0.39 is 12.0 Å². The van der Waals surface area contributed by atoms with Gasteiger partial charge in [0.2, 0.25) is 0 Å². The van der Waals surface area contributed by atoms with Crippen molar-refractivity contribution in [3.63, 3.8) is 0 Å². The molecule has 0 aliphatic heterocycles. The first-order valence-electron chi connectivity index (χ1n) is 4.90. The van der Waals surface area contributed by atoms with Crippen LogP contribution in [0.2, 0.25) is 5.02 Å². The Bertz CT molecular complexity index is 360. The molecule has 3 N–H and O–H groups in total. The maximum atomic E-state index is 10.5. The highest BCUT2D eigenvalue weighted by Gasteiger charge is 2.10. The van der Waals surface area contributed by atoms with Crippen LogP contribution in [0.5, 0.6) is 0 Å². The average Bonchev–Trinajstić information content (AvgIpc) is 2.24. The van der Waals surface area contributed by atoms with E-state index in [0.717, 1.165) is 22.1 Å². The van der Waals surface area contributed by atoms with Gasteiger partial charge in [-0.05, 0) is 29.9 Å². The summed E-state index contributed by atoms with van der Waals surface area (Å²) in [6.45, 7) is 0. The highest BCUT2D eigenvalue weighted by atomic mass is 35.5. The topological polar surface area (TPSA) is 63.3 Å². The predicted octanol–water partition coefficient (Wildman–Crippen LogP) is 2.38. The maximum Gasteiger partial charge on any atom is 0.320 e. The summed E-state index contributed by atoms with van der Waals surface area (Å²) >= 11 is 7.50. The third-order valence-corrected chi connectivity index (χ3v) is 3.35. The Morgan fingerprint density at radius 1 is 1.56 bits per heavy atom. The van der Waals surface area contributed by atoms with Crippen molar-refractivity contribution in [3.8, 4) is 0 Å². The van der Waals surface area contributed by atoms with Gasteiger partial charge in [-0.3, -0.25) is 4.79 Å². The monoisotopic (exact) mass is 259 g/mol. The Morgan fingerprint density at radius 3 is 2.94 bits per heavy atom. The van der Waals surface area contributed by atoms with E-state index in [-0.39, 0.29) is 0 Å². The van der Waals surface area contributed by atoms with E-state index in [9.17, 15) is 4.79 Å². The van der Waals surface area contributed by atoms with Crippen LogP contribution in [0, 0.1) is 0 Å². The molecule has 16 heavy (non-hydrogen) atoms. The molecular formula is C11H14ClNO2S. The van der Waals surface area contributed by atoms with Crippen molar-refractivity contribution >= 4 is 29.3 Å². The molecule has 0 fully saturated rings. The van der Waals surface area contributed by atoms with Crippen molar-refractivity contribution in [3.05, 3.63) is 34.9 Å². The van der Waals surface area contributed by atoms with E-state index in [4.69, 9.17) is 22.4 Å². The third-order valence-electron chi connectivity index (χ3n) is 2.05. The van der Waals surface area contributed by atoms with Gasteiger partial charge in [-0.15, -0.1) is 0 Å². The van der Waals surface area contributed by atoms with Crippen molar-refractivity contribution in [2.75, 3.05) is 5.75 Å². The molecule has 0 spiro atoms. The van der Waals surface area contributed by atoms with Crippen molar-refractivity contribution in [1.82, 2.24) is 0 Å². The van der Waals surface area contributed by atoms with Gasteiger partial charge < -0.3 is 10.8 Å². The molecular weight excluding hydrogens is 246 g/mol. The summed E-state index contributed by atoms with van der Waals surface area (Å²) in [7, 11) is 0. The van der Waals surface area contributed by atoms with Gasteiger partial charge in [0, 0.05) is 10.8 Å². The van der Waals surface area contributed by atoms with Crippen LogP contribution in [0.4, 0.5) is 0 Å². The van der Waals surface area contributed by atoms with Crippen molar-refractivity contribution < 1.29 is 9.90 Å². The molecule has 0 radical (unpaired) electrons. The Morgan fingerprint density at radius 2 is 2.31 bits per heavy atom. The fourth-order valence-electron chi connectivity index (χ4n) is 1.15. The zero-order valence-corrected chi connectivity index (χ0v) is 10.3. The molecule has 1 aromatic carbocycles. The lowest BCUT2D eigenvalue weighted by molar-refractivity contribution is -0.138. The van der Waals surface area contributed by atoms with Gasteiger partial charge in [0.05, 0.1) is 0 Å². The molecule has 1 atom stereocenters. The number of carboxylic acid groups (broad SMARTS) is 1. The van der Waals surface area contributed by atoms with Crippen LogP contribution < -0.4 is 5.73 Å². The number of hydrogen-bond acceptors (Lipinski definition) is 3. The Hall–Kier alpha value is -0.710. The maximum absolute atomic E-state index is 10.5. The highest BCUT2D eigenvalue weighted by Crippen LogP contribution is 2.17. The molecule has 0 aliphatic carbocycles. The normalized spacial score (nSPS) is 12.4. The minimum Gasteiger partial charge on any atom is -0.480 e. The highest BCUT2D eigenvalue weighted by molar-refractivity contribution is 7.98. The van der Waals surface area contributed by atoms with Crippen LogP contribution >= 0.6 is 23.4 Å².